The lowest BCUT2D eigenvalue weighted by molar-refractivity contribution is 0.476. The molecule has 1 aromatic carbocycles. The van der Waals surface area contributed by atoms with Gasteiger partial charge in [-0.3, -0.25) is 9.36 Å². The molecule has 27 heavy (non-hydrogen) atoms. The zero-order valence-electron chi connectivity index (χ0n) is 14.9. The van der Waals surface area contributed by atoms with E-state index in [4.69, 9.17) is 9.40 Å². The fourth-order valence-electron chi connectivity index (χ4n) is 2.84. The Morgan fingerprint density at radius 2 is 2.07 bits per heavy atom. The monoisotopic (exact) mass is 397 g/mol. The molecule has 0 saturated carbocycles. The van der Waals surface area contributed by atoms with E-state index in [0.29, 0.717) is 28.4 Å². The molecule has 7 heteroatoms. The van der Waals surface area contributed by atoms with Gasteiger partial charge in [-0.1, -0.05) is 30.8 Å². The predicted octanol–water partition coefficient (Wildman–Crippen LogP) is 4.74. The molecular formula is C20H19N3O2S2. The minimum Gasteiger partial charge on any atom is -0.467 e. The molecule has 0 radical (unpaired) electrons. The van der Waals surface area contributed by atoms with Gasteiger partial charge in [0.25, 0.3) is 5.56 Å². The van der Waals surface area contributed by atoms with Crippen molar-refractivity contribution in [3.05, 3.63) is 74.9 Å². The van der Waals surface area contributed by atoms with Gasteiger partial charge in [0.15, 0.2) is 5.16 Å². The Bertz CT molecular complexity index is 1100. The molecule has 0 fully saturated rings. The second-order valence-corrected chi connectivity index (χ2v) is 8.04. The fraction of sp³-hybridized carbons (Fsp3) is 0.250. The van der Waals surface area contributed by atoms with Crippen LogP contribution in [0.2, 0.25) is 0 Å². The lowest BCUT2D eigenvalue weighted by Crippen LogP contribution is -2.23. The molecule has 4 aromatic rings. The van der Waals surface area contributed by atoms with Crippen LogP contribution in [0.15, 0.2) is 62.4 Å². The van der Waals surface area contributed by atoms with Crippen molar-refractivity contribution in [2.45, 2.75) is 37.2 Å². The molecule has 0 aliphatic carbocycles. The summed E-state index contributed by atoms with van der Waals surface area (Å²) in [6.45, 7) is 2.52. The molecule has 4 rings (SSSR count). The average molecular weight is 398 g/mol. The Kier molecular flexibility index (Phi) is 5.40. The standard InChI is InChI=1S/C20H19N3O2S2/c1-2-6-18-21-14(12-26-18)13-27-20-22-17-9-4-3-8-16(17)19(24)23(20)11-15-7-5-10-25-15/h3-5,7-10,12H,2,6,11,13H2,1H3. The normalized spacial score (nSPS) is 11.3. The van der Waals surface area contributed by atoms with Crippen LogP contribution in [0.4, 0.5) is 0 Å². The molecule has 5 nitrogen and oxygen atoms in total. The number of thiazole rings is 1. The van der Waals surface area contributed by atoms with E-state index in [2.05, 4.69) is 17.3 Å². The Labute approximate surface area is 165 Å². The second-order valence-electron chi connectivity index (χ2n) is 6.15. The van der Waals surface area contributed by atoms with Crippen molar-refractivity contribution in [2.75, 3.05) is 0 Å². The first kappa shape index (κ1) is 18.0. The number of hydrogen-bond acceptors (Lipinski definition) is 6. The molecule has 138 valence electrons. The van der Waals surface area contributed by atoms with E-state index in [9.17, 15) is 4.79 Å². The van der Waals surface area contributed by atoms with Crippen LogP contribution in [0.3, 0.4) is 0 Å². The van der Waals surface area contributed by atoms with Crippen molar-refractivity contribution < 1.29 is 4.42 Å². The summed E-state index contributed by atoms with van der Waals surface area (Å²) in [6, 6.07) is 11.1. The Balaban J connectivity index is 1.67. The van der Waals surface area contributed by atoms with Crippen molar-refractivity contribution in [3.63, 3.8) is 0 Å². The Morgan fingerprint density at radius 3 is 2.89 bits per heavy atom. The number of aromatic nitrogens is 3. The molecule has 0 aliphatic heterocycles. The van der Waals surface area contributed by atoms with E-state index >= 15 is 0 Å². The van der Waals surface area contributed by atoms with E-state index in [1.807, 2.05) is 36.4 Å². The largest absolute Gasteiger partial charge is 0.467 e. The second kappa shape index (κ2) is 8.10. The van der Waals surface area contributed by atoms with Gasteiger partial charge in [0.1, 0.15) is 5.76 Å². The Morgan fingerprint density at radius 1 is 1.19 bits per heavy atom. The van der Waals surface area contributed by atoms with Gasteiger partial charge < -0.3 is 4.42 Å². The molecular weight excluding hydrogens is 378 g/mol. The molecule has 3 aromatic heterocycles. The molecule has 0 aliphatic rings. The number of hydrogen-bond donors (Lipinski definition) is 0. The summed E-state index contributed by atoms with van der Waals surface area (Å²) in [5.74, 6) is 1.42. The lowest BCUT2D eigenvalue weighted by Gasteiger charge is -2.11. The number of fused-ring (bicyclic) bond motifs is 1. The number of thioether (sulfide) groups is 1. The third-order valence-corrected chi connectivity index (χ3v) is 6.10. The smallest absolute Gasteiger partial charge is 0.262 e. The Hall–Kier alpha value is -2.38. The van der Waals surface area contributed by atoms with Crippen LogP contribution < -0.4 is 5.56 Å². The summed E-state index contributed by atoms with van der Waals surface area (Å²) in [5.41, 5.74) is 1.69. The summed E-state index contributed by atoms with van der Waals surface area (Å²) in [6.07, 6.45) is 3.72. The van der Waals surface area contributed by atoms with Crippen molar-refractivity contribution in [1.82, 2.24) is 14.5 Å². The maximum atomic E-state index is 13.0. The highest BCUT2D eigenvalue weighted by Crippen LogP contribution is 2.24. The zero-order valence-corrected chi connectivity index (χ0v) is 16.6. The lowest BCUT2D eigenvalue weighted by atomic mass is 10.2. The number of aryl methyl sites for hydroxylation is 1. The van der Waals surface area contributed by atoms with Crippen LogP contribution in [-0.4, -0.2) is 14.5 Å². The molecule has 3 heterocycles. The molecule has 0 N–H and O–H groups in total. The van der Waals surface area contributed by atoms with Crippen LogP contribution in [0.5, 0.6) is 0 Å². The highest BCUT2D eigenvalue weighted by Gasteiger charge is 2.14. The molecule has 0 bridgehead atoms. The molecule has 0 saturated heterocycles. The summed E-state index contributed by atoms with van der Waals surface area (Å²) in [5, 5.41) is 4.55. The first-order valence-electron chi connectivity index (χ1n) is 8.82. The topological polar surface area (TPSA) is 60.9 Å². The zero-order chi connectivity index (χ0) is 18.6. The quantitative estimate of drug-likeness (QED) is 0.333. The summed E-state index contributed by atoms with van der Waals surface area (Å²) < 4.78 is 7.13. The number of para-hydroxylation sites is 1. The number of rotatable bonds is 7. The maximum Gasteiger partial charge on any atom is 0.262 e. The van der Waals surface area contributed by atoms with Crippen molar-refractivity contribution >= 4 is 34.0 Å². The predicted molar refractivity (Wildman–Crippen MR) is 109 cm³/mol. The van der Waals surface area contributed by atoms with E-state index in [1.54, 1.807) is 22.2 Å². The van der Waals surface area contributed by atoms with Crippen LogP contribution in [0, 0.1) is 0 Å². The molecule has 0 amide bonds. The van der Waals surface area contributed by atoms with Gasteiger partial charge in [0, 0.05) is 11.1 Å². The third kappa shape index (κ3) is 3.99. The summed E-state index contributed by atoms with van der Waals surface area (Å²) in [7, 11) is 0. The van der Waals surface area contributed by atoms with Crippen LogP contribution in [-0.2, 0) is 18.7 Å². The highest BCUT2D eigenvalue weighted by molar-refractivity contribution is 7.98. The number of nitrogens with zero attached hydrogens (tertiary/aromatic N) is 3. The van der Waals surface area contributed by atoms with E-state index in [0.717, 1.165) is 29.3 Å². The third-order valence-electron chi connectivity index (χ3n) is 4.13. The van der Waals surface area contributed by atoms with Crippen LogP contribution in [0.25, 0.3) is 10.9 Å². The highest BCUT2D eigenvalue weighted by atomic mass is 32.2. The first-order valence-corrected chi connectivity index (χ1v) is 10.7. The minimum atomic E-state index is -0.0514. The SMILES string of the molecule is CCCc1nc(CSc2nc3ccccc3c(=O)n2Cc2ccco2)cs1. The van der Waals surface area contributed by atoms with Gasteiger partial charge in [-0.25, -0.2) is 9.97 Å². The summed E-state index contributed by atoms with van der Waals surface area (Å²) >= 11 is 3.23. The van der Waals surface area contributed by atoms with Gasteiger partial charge in [-0.2, -0.15) is 0 Å². The van der Waals surface area contributed by atoms with Gasteiger partial charge in [0.05, 0.1) is 34.4 Å². The minimum absolute atomic E-state index is 0.0514. The van der Waals surface area contributed by atoms with Gasteiger partial charge in [-0.15, -0.1) is 11.3 Å². The van der Waals surface area contributed by atoms with Crippen LogP contribution >= 0.6 is 23.1 Å². The molecule has 0 unspecified atom stereocenters. The van der Waals surface area contributed by atoms with E-state index in [1.165, 1.54) is 11.8 Å². The number of furan rings is 1. The van der Waals surface area contributed by atoms with E-state index < -0.39 is 0 Å². The fourth-order valence-corrected chi connectivity index (χ4v) is 4.73. The number of benzene rings is 1. The van der Waals surface area contributed by atoms with Crippen molar-refractivity contribution in [1.29, 1.82) is 0 Å². The maximum absolute atomic E-state index is 13.0. The van der Waals surface area contributed by atoms with Gasteiger partial charge in [-0.05, 0) is 37.1 Å². The van der Waals surface area contributed by atoms with E-state index in [-0.39, 0.29) is 5.56 Å². The van der Waals surface area contributed by atoms with Crippen molar-refractivity contribution in [3.8, 4) is 0 Å². The summed E-state index contributed by atoms with van der Waals surface area (Å²) in [4.78, 5) is 22.4. The average Bonchev–Trinajstić information content (AvgIpc) is 3.35. The first-order chi connectivity index (χ1) is 13.2. The molecule has 0 spiro atoms. The van der Waals surface area contributed by atoms with Gasteiger partial charge in [0.2, 0.25) is 0 Å². The molecule has 0 atom stereocenters. The van der Waals surface area contributed by atoms with Gasteiger partial charge >= 0.3 is 0 Å². The van der Waals surface area contributed by atoms with Crippen molar-refractivity contribution in [2.24, 2.45) is 0 Å². The van der Waals surface area contributed by atoms with Crippen LogP contribution in [0.1, 0.15) is 29.8 Å².